The Morgan fingerprint density at radius 2 is 1.90 bits per heavy atom. The molecule has 0 aromatic rings. The Labute approximate surface area is 125 Å². The number of nitrogens with one attached hydrogen (secondary N) is 1. The Morgan fingerprint density at radius 1 is 1.25 bits per heavy atom. The average molecular weight is 286 g/mol. The van der Waals surface area contributed by atoms with Crippen molar-refractivity contribution in [1.82, 2.24) is 10.2 Å². The second kappa shape index (κ2) is 8.98. The third-order valence-corrected chi connectivity index (χ3v) is 4.49. The van der Waals surface area contributed by atoms with E-state index in [9.17, 15) is 0 Å². The molecule has 20 heavy (non-hydrogen) atoms. The van der Waals surface area contributed by atoms with E-state index in [4.69, 9.17) is 9.47 Å². The maximum absolute atomic E-state index is 5.59. The van der Waals surface area contributed by atoms with Crippen LogP contribution in [0.1, 0.15) is 46.5 Å². The Kier molecular flexibility index (Phi) is 8.03. The van der Waals surface area contributed by atoms with Gasteiger partial charge in [0.15, 0.2) is 6.29 Å². The summed E-state index contributed by atoms with van der Waals surface area (Å²) in [5, 5.41) is 3.58. The zero-order chi connectivity index (χ0) is 15.0. The molecule has 1 rings (SSSR count). The minimum atomic E-state index is -0.120. The van der Waals surface area contributed by atoms with Crippen molar-refractivity contribution >= 4 is 0 Å². The van der Waals surface area contributed by atoms with E-state index < -0.39 is 0 Å². The Balaban J connectivity index is 2.46. The van der Waals surface area contributed by atoms with Crippen molar-refractivity contribution in [3.05, 3.63) is 0 Å². The van der Waals surface area contributed by atoms with Crippen LogP contribution in [0.15, 0.2) is 0 Å². The molecule has 0 aromatic heterocycles. The lowest BCUT2D eigenvalue weighted by Crippen LogP contribution is -2.55. The molecular weight excluding hydrogens is 252 g/mol. The van der Waals surface area contributed by atoms with Gasteiger partial charge in [-0.25, -0.2) is 0 Å². The number of ether oxygens (including phenoxy) is 2. The van der Waals surface area contributed by atoms with E-state index in [2.05, 4.69) is 31.2 Å². The van der Waals surface area contributed by atoms with Gasteiger partial charge in [0.2, 0.25) is 0 Å². The predicted octanol–water partition coefficient (Wildman–Crippen LogP) is 2.49. The zero-order valence-corrected chi connectivity index (χ0v) is 14.1. The summed E-state index contributed by atoms with van der Waals surface area (Å²) in [5.41, 5.74) is 0.292. The van der Waals surface area contributed by atoms with Crippen LogP contribution in [0.2, 0.25) is 0 Å². The fourth-order valence-corrected chi connectivity index (χ4v) is 3.32. The van der Waals surface area contributed by atoms with Crippen LogP contribution in [-0.2, 0) is 9.47 Å². The molecule has 2 unspecified atom stereocenters. The number of rotatable bonds is 9. The first-order valence-electron chi connectivity index (χ1n) is 8.15. The average Bonchev–Trinajstić information content (AvgIpc) is 2.39. The molecule has 2 atom stereocenters. The molecule has 1 aliphatic carbocycles. The van der Waals surface area contributed by atoms with Gasteiger partial charge in [-0.2, -0.15) is 0 Å². The van der Waals surface area contributed by atoms with Crippen LogP contribution >= 0.6 is 0 Å². The van der Waals surface area contributed by atoms with Crippen molar-refractivity contribution in [2.75, 3.05) is 40.4 Å². The molecule has 0 radical (unpaired) electrons. The van der Waals surface area contributed by atoms with Gasteiger partial charge in [-0.15, -0.1) is 0 Å². The minimum absolute atomic E-state index is 0.120. The number of hydrogen-bond donors (Lipinski definition) is 1. The SMILES string of the molecule is CCOC(CNCC1(N(C)C)CCCC(C)C1)OCC. The molecule has 1 aliphatic rings. The molecule has 4 heteroatoms. The van der Waals surface area contributed by atoms with Gasteiger partial charge in [-0.3, -0.25) is 0 Å². The third-order valence-electron chi connectivity index (χ3n) is 4.49. The first kappa shape index (κ1) is 17.9. The highest BCUT2D eigenvalue weighted by molar-refractivity contribution is 4.94. The van der Waals surface area contributed by atoms with Crippen molar-refractivity contribution < 1.29 is 9.47 Å². The highest BCUT2D eigenvalue weighted by atomic mass is 16.7. The molecule has 0 aromatic carbocycles. The molecule has 0 spiro atoms. The van der Waals surface area contributed by atoms with Crippen LogP contribution in [0.3, 0.4) is 0 Å². The summed E-state index contributed by atoms with van der Waals surface area (Å²) in [6.07, 6.45) is 5.15. The molecule has 1 saturated carbocycles. The summed E-state index contributed by atoms with van der Waals surface area (Å²) in [4.78, 5) is 2.41. The summed E-state index contributed by atoms with van der Waals surface area (Å²) in [7, 11) is 4.42. The second-order valence-corrected chi connectivity index (χ2v) is 6.29. The summed E-state index contributed by atoms with van der Waals surface area (Å²) in [6, 6.07) is 0. The topological polar surface area (TPSA) is 33.7 Å². The standard InChI is InChI=1S/C16H34N2O2/c1-6-19-15(20-7-2)12-17-13-16(18(4)5)10-8-9-14(3)11-16/h14-15,17H,6-13H2,1-5H3. The van der Waals surface area contributed by atoms with E-state index in [0.29, 0.717) is 18.8 Å². The maximum Gasteiger partial charge on any atom is 0.169 e. The van der Waals surface area contributed by atoms with Gasteiger partial charge in [0.05, 0.1) is 0 Å². The van der Waals surface area contributed by atoms with E-state index in [-0.39, 0.29) is 6.29 Å². The number of hydrogen-bond acceptors (Lipinski definition) is 4. The Hall–Kier alpha value is -0.160. The van der Waals surface area contributed by atoms with Crippen LogP contribution in [0.4, 0.5) is 0 Å². The quantitative estimate of drug-likeness (QED) is 0.660. The van der Waals surface area contributed by atoms with Crippen molar-refractivity contribution in [1.29, 1.82) is 0 Å². The minimum Gasteiger partial charge on any atom is -0.352 e. The highest BCUT2D eigenvalue weighted by Gasteiger charge is 2.36. The molecule has 4 nitrogen and oxygen atoms in total. The van der Waals surface area contributed by atoms with Gasteiger partial charge in [-0.1, -0.05) is 19.8 Å². The summed E-state index contributed by atoms with van der Waals surface area (Å²) < 4.78 is 11.2. The molecule has 0 amide bonds. The lowest BCUT2D eigenvalue weighted by atomic mass is 9.75. The van der Waals surface area contributed by atoms with Gasteiger partial charge in [0.1, 0.15) is 0 Å². The molecular formula is C16H34N2O2. The molecule has 0 heterocycles. The molecule has 120 valence electrons. The Bertz CT molecular complexity index is 255. The predicted molar refractivity (Wildman–Crippen MR) is 84.0 cm³/mol. The maximum atomic E-state index is 5.59. The van der Waals surface area contributed by atoms with Crippen molar-refractivity contribution in [3.8, 4) is 0 Å². The normalized spacial score (nSPS) is 27.4. The van der Waals surface area contributed by atoms with Crippen molar-refractivity contribution in [3.63, 3.8) is 0 Å². The van der Waals surface area contributed by atoms with Crippen molar-refractivity contribution in [2.24, 2.45) is 5.92 Å². The van der Waals surface area contributed by atoms with Crippen LogP contribution in [-0.4, -0.2) is 57.1 Å². The third kappa shape index (κ3) is 5.32. The van der Waals surface area contributed by atoms with E-state index in [1.807, 2.05) is 13.8 Å². The van der Waals surface area contributed by atoms with E-state index >= 15 is 0 Å². The number of nitrogens with zero attached hydrogens (tertiary/aromatic N) is 1. The summed E-state index contributed by atoms with van der Waals surface area (Å²) in [5.74, 6) is 0.822. The van der Waals surface area contributed by atoms with E-state index in [0.717, 1.165) is 19.0 Å². The molecule has 0 bridgehead atoms. The monoisotopic (exact) mass is 286 g/mol. The first-order chi connectivity index (χ1) is 9.54. The molecule has 1 N–H and O–H groups in total. The largest absolute Gasteiger partial charge is 0.352 e. The van der Waals surface area contributed by atoms with Crippen molar-refractivity contribution in [2.45, 2.75) is 58.3 Å². The summed E-state index contributed by atoms with van der Waals surface area (Å²) in [6.45, 7) is 9.57. The van der Waals surface area contributed by atoms with Gasteiger partial charge >= 0.3 is 0 Å². The van der Waals surface area contributed by atoms with Crippen LogP contribution in [0.25, 0.3) is 0 Å². The van der Waals surface area contributed by atoms with Crippen LogP contribution in [0.5, 0.6) is 0 Å². The number of likely N-dealkylation sites (N-methyl/N-ethyl adjacent to an activating group) is 1. The van der Waals surface area contributed by atoms with Gasteiger partial charge < -0.3 is 19.7 Å². The zero-order valence-electron chi connectivity index (χ0n) is 14.1. The molecule has 0 aliphatic heterocycles. The van der Waals surface area contributed by atoms with Gasteiger partial charge in [-0.05, 0) is 46.7 Å². The second-order valence-electron chi connectivity index (χ2n) is 6.29. The molecule has 1 fully saturated rings. The summed E-state index contributed by atoms with van der Waals surface area (Å²) >= 11 is 0. The fraction of sp³-hybridized carbons (Fsp3) is 1.00. The highest BCUT2D eigenvalue weighted by Crippen LogP contribution is 2.35. The first-order valence-corrected chi connectivity index (χ1v) is 8.15. The smallest absolute Gasteiger partial charge is 0.169 e. The van der Waals surface area contributed by atoms with Gasteiger partial charge in [0, 0.05) is 31.8 Å². The van der Waals surface area contributed by atoms with Gasteiger partial charge in [0.25, 0.3) is 0 Å². The van der Waals surface area contributed by atoms with E-state index in [1.165, 1.54) is 25.7 Å². The van der Waals surface area contributed by atoms with Crippen LogP contribution < -0.4 is 5.32 Å². The lowest BCUT2D eigenvalue weighted by Gasteiger charge is -2.45. The fourth-order valence-electron chi connectivity index (χ4n) is 3.32. The molecule has 0 saturated heterocycles. The van der Waals surface area contributed by atoms with Crippen LogP contribution in [0, 0.1) is 5.92 Å². The van der Waals surface area contributed by atoms with E-state index in [1.54, 1.807) is 0 Å². The lowest BCUT2D eigenvalue weighted by molar-refractivity contribution is -0.133. The Morgan fingerprint density at radius 3 is 2.40 bits per heavy atom.